The molecule has 3 rings (SSSR count). The predicted molar refractivity (Wildman–Crippen MR) is 87.4 cm³/mol. The largest absolute Gasteiger partial charge is 0.478 e. The lowest BCUT2D eigenvalue weighted by Crippen LogP contribution is -2.42. The van der Waals surface area contributed by atoms with E-state index in [4.69, 9.17) is 5.11 Å². The standard InChI is InChI=1S/C18H16N2O3/c1-2-11-20-16(12-7-9-13(10-8-12)18(22)23)19-15-6-4-3-5-14(15)17(20)21/h2-10,16,19H,1,11H2,(H,22,23). The Labute approximate surface area is 133 Å². The molecule has 2 aromatic rings. The van der Waals surface area contributed by atoms with Crippen molar-refractivity contribution in [1.82, 2.24) is 4.90 Å². The van der Waals surface area contributed by atoms with Gasteiger partial charge in [0, 0.05) is 12.2 Å². The summed E-state index contributed by atoms with van der Waals surface area (Å²) in [4.78, 5) is 25.4. The Morgan fingerprint density at radius 1 is 1.22 bits per heavy atom. The van der Waals surface area contributed by atoms with E-state index in [2.05, 4.69) is 11.9 Å². The monoisotopic (exact) mass is 308 g/mol. The Balaban J connectivity index is 2.01. The van der Waals surface area contributed by atoms with Gasteiger partial charge in [-0.25, -0.2) is 4.79 Å². The van der Waals surface area contributed by atoms with Gasteiger partial charge in [0.05, 0.1) is 11.1 Å². The number of hydrogen-bond donors (Lipinski definition) is 2. The van der Waals surface area contributed by atoms with E-state index in [1.807, 2.05) is 18.2 Å². The summed E-state index contributed by atoms with van der Waals surface area (Å²) in [6, 6.07) is 13.9. The number of carboxylic acid groups (broad SMARTS) is 1. The van der Waals surface area contributed by atoms with Gasteiger partial charge in [-0.05, 0) is 29.8 Å². The Morgan fingerprint density at radius 3 is 2.57 bits per heavy atom. The summed E-state index contributed by atoms with van der Waals surface area (Å²) in [5, 5.41) is 12.3. The number of aromatic carboxylic acids is 1. The van der Waals surface area contributed by atoms with Gasteiger partial charge in [0.15, 0.2) is 0 Å². The zero-order valence-corrected chi connectivity index (χ0v) is 12.4. The third-order valence-corrected chi connectivity index (χ3v) is 3.82. The smallest absolute Gasteiger partial charge is 0.335 e. The van der Waals surface area contributed by atoms with Gasteiger partial charge in [-0.1, -0.05) is 30.3 Å². The van der Waals surface area contributed by atoms with Crippen molar-refractivity contribution in [2.24, 2.45) is 0 Å². The molecule has 0 saturated carbocycles. The zero-order chi connectivity index (χ0) is 16.4. The number of nitrogens with one attached hydrogen (secondary N) is 1. The molecular formula is C18H16N2O3. The highest BCUT2D eigenvalue weighted by atomic mass is 16.4. The van der Waals surface area contributed by atoms with Crippen LogP contribution in [0.1, 0.15) is 32.4 Å². The van der Waals surface area contributed by atoms with Gasteiger partial charge in [0.25, 0.3) is 5.91 Å². The summed E-state index contributed by atoms with van der Waals surface area (Å²) in [5.41, 5.74) is 2.42. The summed E-state index contributed by atoms with van der Waals surface area (Å²) in [5.74, 6) is -1.05. The minimum Gasteiger partial charge on any atom is -0.478 e. The fourth-order valence-electron chi connectivity index (χ4n) is 2.69. The number of nitrogens with zero attached hydrogens (tertiary/aromatic N) is 1. The first-order valence-electron chi connectivity index (χ1n) is 7.22. The van der Waals surface area contributed by atoms with Crippen LogP contribution in [0.3, 0.4) is 0 Å². The molecule has 1 heterocycles. The van der Waals surface area contributed by atoms with E-state index in [1.165, 1.54) is 12.1 Å². The molecule has 1 atom stereocenters. The maximum absolute atomic E-state index is 12.7. The molecule has 116 valence electrons. The van der Waals surface area contributed by atoms with Crippen molar-refractivity contribution in [2.75, 3.05) is 11.9 Å². The number of fused-ring (bicyclic) bond motifs is 1. The van der Waals surface area contributed by atoms with Crippen LogP contribution in [0.2, 0.25) is 0 Å². The normalized spacial score (nSPS) is 16.4. The molecule has 5 nitrogen and oxygen atoms in total. The number of para-hydroxylation sites is 1. The first-order chi connectivity index (χ1) is 11.1. The number of anilines is 1. The number of hydrogen-bond acceptors (Lipinski definition) is 3. The Hall–Kier alpha value is -3.08. The van der Waals surface area contributed by atoms with Crippen molar-refractivity contribution in [3.8, 4) is 0 Å². The predicted octanol–water partition coefficient (Wildman–Crippen LogP) is 3.14. The molecule has 2 N–H and O–H groups in total. The van der Waals surface area contributed by atoms with Gasteiger partial charge in [0.1, 0.15) is 6.17 Å². The number of amides is 1. The van der Waals surface area contributed by atoms with Crippen LogP contribution in [0.15, 0.2) is 61.2 Å². The van der Waals surface area contributed by atoms with E-state index in [-0.39, 0.29) is 17.6 Å². The lowest BCUT2D eigenvalue weighted by Gasteiger charge is -2.37. The highest BCUT2D eigenvalue weighted by molar-refractivity contribution is 6.01. The van der Waals surface area contributed by atoms with Gasteiger partial charge in [-0.3, -0.25) is 4.79 Å². The fraction of sp³-hybridized carbons (Fsp3) is 0.111. The van der Waals surface area contributed by atoms with Crippen LogP contribution in [0.4, 0.5) is 5.69 Å². The summed E-state index contributed by atoms with van der Waals surface area (Å²) < 4.78 is 0. The first-order valence-corrected chi connectivity index (χ1v) is 7.22. The second kappa shape index (κ2) is 5.96. The molecule has 2 aromatic carbocycles. The zero-order valence-electron chi connectivity index (χ0n) is 12.4. The number of carbonyl (C=O) groups excluding carboxylic acids is 1. The molecule has 1 aliphatic heterocycles. The third kappa shape index (κ3) is 2.68. The van der Waals surface area contributed by atoms with Crippen molar-refractivity contribution in [2.45, 2.75) is 6.17 Å². The van der Waals surface area contributed by atoms with Crippen molar-refractivity contribution in [3.05, 3.63) is 77.9 Å². The van der Waals surface area contributed by atoms with Crippen molar-refractivity contribution >= 4 is 17.6 Å². The molecule has 0 saturated heterocycles. The van der Waals surface area contributed by atoms with Crippen LogP contribution in [-0.4, -0.2) is 28.4 Å². The molecule has 0 fully saturated rings. The molecule has 1 aliphatic rings. The summed E-state index contributed by atoms with van der Waals surface area (Å²) in [6.07, 6.45) is 1.31. The second-order valence-corrected chi connectivity index (χ2v) is 5.27. The molecule has 0 aliphatic carbocycles. The van der Waals surface area contributed by atoms with E-state index in [0.29, 0.717) is 12.1 Å². The maximum Gasteiger partial charge on any atom is 0.335 e. The van der Waals surface area contributed by atoms with E-state index in [9.17, 15) is 9.59 Å². The van der Waals surface area contributed by atoms with Crippen molar-refractivity contribution < 1.29 is 14.7 Å². The highest BCUT2D eigenvalue weighted by Crippen LogP contribution is 2.32. The van der Waals surface area contributed by atoms with Gasteiger partial charge in [0.2, 0.25) is 0 Å². The van der Waals surface area contributed by atoms with E-state index < -0.39 is 5.97 Å². The summed E-state index contributed by atoms with van der Waals surface area (Å²) in [7, 11) is 0. The molecule has 0 radical (unpaired) electrons. The molecule has 23 heavy (non-hydrogen) atoms. The quantitative estimate of drug-likeness (QED) is 0.851. The molecule has 0 aromatic heterocycles. The minimum absolute atomic E-state index is 0.0773. The molecule has 5 heteroatoms. The van der Waals surface area contributed by atoms with Gasteiger partial charge in [-0.2, -0.15) is 0 Å². The lowest BCUT2D eigenvalue weighted by atomic mass is 10.0. The van der Waals surface area contributed by atoms with Gasteiger partial charge in [-0.15, -0.1) is 6.58 Å². The minimum atomic E-state index is -0.975. The van der Waals surface area contributed by atoms with Crippen LogP contribution in [0.5, 0.6) is 0 Å². The molecule has 0 spiro atoms. The summed E-state index contributed by atoms with van der Waals surface area (Å²) in [6.45, 7) is 4.11. The number of benzene rings is 2. The molecule has 0 bridgehead atoms. The Bertz CT molecular complexity index is 768. The van der Waals surface area contributed by atoms with E-state index >= 15 is 0 Å². The number of rotatable bonds is 4. The Morgan fingerprint density at radius 2 is 1.91 bits per heavy atom. The molecular weight excluding hydrogens is 292 g/mol. The molecule has 1 amide bonds. The van der Waals surface area contributed by atoms with Crippen molar-refractivity contribution in [1.29, 1.82) is 0 Å². The number of carboxylic acids is 1. The lowest BCUT2D eigenvalue weighted by molar-refractivity contribution is 0.0688. The van der Waals surface area contributed by atoms with Crippen LogP contribution < -0.4 is 5.32 Å². The van der Waals surface area contributed by atoms with Crippen LogP contribution in [0, 0.1) is 0 Å². The number of carbonyl (C=O) groups is 2. The maximum atomic E-state index is 12.7. The topological polar surface area (TPSA) is 69.6 Å². The Kier molecular flexibility index (Phi) is 3.85. The van der Waals surface area contributed by atoms with Gasteiger partial charge < -0.3 is 15.3 Å². The van der Waals surface area contributed by atoms with Crippen LogP contribution >= 0.6 is 0 Å². The highest BCUT2D eigenvalue weighted by Gasteiger charge is 2.31. The van der Waals surface area contributed by atoms with E-state index in [0.717, 1.165) is 11.3 Å². The fourth-order valence-corrected chi connectivity index (χ4v) is 2.69. The van der Waals surface area contributed by atoms with Crippen molar-refractivity contribution in [3.63, 3.8) is 0 Å². The van der Waals surface area contributed by atoms with Gasteiger partial charge >= 0.3 is 5.97 Å². The van der Waals surface area contributed by atoms with Crippen LogP contribution in [0.25, 0.3) is 0 Å². The average Bonchev–Trinajstić information content (AvgIpc) is 2.57. The molecule has 1 unspecified atom stereocenters. The summed E-state index contributed by atoms with van der Waals surface area (Å²) >= 11 is 0. The average molecular weight is 308 g/mol. The first kappa shape index (κ1) is 14.8. The SMILES string of the molecule is C=CCN1C(=O)c2ccccc2NC1c1ccc(C(=O)O)cc1. The van der Waals surface area contributed by atoms with E-state index in [1.54, 1.807) is 29.2 Å². The third-order valence-electron chi connectivity index (χ3n) is 3.82. The second-order valence-electron chi connectivity index (χ2n) is 5.27. The van der Waals surface area contributed by atoms with Crippen LogP contribution in [-0.2, 0) is 0 Å².